The zero-order valence-corrected chi connectivity index (χ0v) is 15.9. The van der Waals surface area contributed by atoms with Crippen molar-refractivity contribution in [3.8, 4) is 0 Å². The number of amides is 1. The number of esters is 1. The lowest BCUT2D eigenvalue weighted by atomic mass is 10.0. The average Bonchev–Trinajstić information content (AvgIpc) is 3.03. The van der Waals surface area contributed by atoms with E-state index in [1.54, 1.807) is 12.1 Å². The van der Waals surface area contributed by atoms with Crippen molar-refractivity contribution < 1.29 is 22.7 Å². The fourth-order valence-corrected chi connectivity index (χ4v) is 4.92. The number of carbonyl (C=O) groups excluding carboxylic acids is 2. The highest BCUT2D eigenvalue weighted by Crippen LogP contribution is 2.28. The van der Waals surface area contributed by atoms with E-state index in [1.807, 2.05) is 0 Å². The highest BCUT2D eigenvalue weighted by atomic mass is 32.2. The first-order valence-electron chi connectivity index (χ1n) is 8.81. The van der Waals surface area contributed by atoms with Gasteiger partial charge in [-0.15, -0.1) is 0 Å². The molecule has 0 radical (unpaired) electrons. The molecular weight excluding hydrogens is 356 g/mol. The summed E-state index contributed by atoms with van der Waals surface area (Å²) in [5, 5.41) is 0. The van der Waals surface area contributed by atoms with Crippen LogP contribution in [0.1, 0.15) is 26.2 Å². The van der Waals surface area contributed by atoms with Crippen LogP contribution in [0.4, 0.5) is 5.69 Å². The van der Waals surface area contributed by atoms with Crippen molar-refractivity contribution in [2.24, 2.45) is 11.8 Å². The third-order valence-corrected chi connectivity index (χ3v) is 7.10. The van der Waals surface area contributed by atoms with E-state index in [1.165, 1.54) is 28.4 Å². The first kappa shape index (κ1) is 18.8. The first-order chi connectivity index (χ1) is 12.3. The second-order valence-electron chi connectivity index (χ2n) is 7.01. The molecule has 1 aromatic rings. The van der Waals surface area contributed by atoms with Crippen LogP contribution in [0.2, 0.25) is 0 Å². The maximum Gasteiger partial charge on any atom is 0.311 e. The third-order valence-electron chi connectivity index (χ3n) is 5.19. The van der Waals surface area contributed by atoms with Crippen molar-refractivity contribution in [2.45, 2.75) is 31.1 Å². The Hall–Kier alpha value is -1.93. The maximum atomic E-state index is 12.8. The van der Waals surface area contributed by atoms with Crippen molar-refractivity contribution in [1.29, 1.82) is 0 Å². The molecule has 0 spiro atoms. The van der Waals surface area contributed by atoms with Crippen LogP contribution >= 0.6 is 0 Å². The van der Waals surface area contributed by atoms with Crippen molar-refractivity contribution in [1.82, 2.24) is 4.31 Å². The van der Waals surface area contributed by atoms with Gasteiger partial charge in [-0.1, -0.05) is 6.92 Å². The van der Waals surface area contributed by atoms with Crippen molar-refractivity contribution in [2.75, 3.05) is 31.6 Å². The second kappa shape index (κ2) is 7.36. The third kappa shape index (κ3) is 3.61. The normalized spacial score (nSPS) is 22.6. The molecule has 0 saturated carbocycles. The van der Waals surface area contributed by atoms with Crippen molar-refractivity contribution in [3.05, 3.63) is 24.3 Å². The Kier molecular flexibility index (Phi) is 5.34. The highest BCUT2D eigenvalue weighted by molar-refractivity contribution is 7.89. The van der Waals surface area contributed by atoms with E-state index >= 15 is 0 Å². The molecule has 0 aliphatic carbocycles. The zero-order chi connectivity index (χ0) is 18.9. The summed E-state index contributed by atoms with van der Waals surface area (Å²) in [4.78, 5) is 25.5. The van der Waals surface area contributed by atoms with Gasteiger partial charge in [-0.05, 0) is 43.0 Å². The number of piperidine rings is 1. The smallest absolute Gasteiger partial charge is 0.311 e. The summed E-state index contributed by atoms with van der Waals surface area (Å²) in [6.45, 7) is 3.46. The lowest BCUT2D eigenvalue weighted by Gasteiger charge is -2.29. The van der Waals surface area contributed by atoms with Gasteiger partial charge in [0, 0.05) is 31.7 Å². The lowest BCUT2D eigenvalue weighted by molar-refractivity contribution is -0.145. The van der Waals surface area contributed by atoms with Crippen LogP contribution in [0.15, 0.2) is 29.2 Å². The molecule has 3 rings (SSSR count). The molecule has 2 fully saturated rings. The zero-order valence-electron chi connectivity index (χ0n) is 15.1. The molecule has 142 valence electrons. The van der Waals surface area contributed by atoms with Crippen LogP contribution in [0.5, 0.6) is 0 Å². The molecule has 1 unspecified atom stereocenters. The molecule has 0 bridgehead atoms. The molecule has 1 atom stereocenters. The number of sulfonamides is 1. The van der Waals surface area contributed by atoms with E-state index in [2.05, 4.69) is 6.92 Å². The molecule has 2 saturated heterocycles. The van der Waals surface area contributed by atoms with Crippen LogP contribution in [0, 0.1) is 11.8 Å². The summed E-state index contributed by atoms with van der Waals surface area (Å²) in [5.41, 5.74) is 0.590. The molecule has 1 amide bonds. The van der Waals surface area contributed by atoms with Crippen LogP contribution in [-0.4, -0.2) is 51.3 Å². The van der Waals surface area contributed by atoms with E-state index < -0.39 is 21.9 Å². The number of methoxy groups -OCH3 is 1. The van der Waals surface area contributed by atoms with Gasteiger partial charge in [0.1, 0.15) is 0 Å². The Morgan fingerprint density at radius 3 is 2.35 bits per heavy atom. The summed E-state index contributed by atoms with van der Waals surface area (Å²) in [5.74, 6) is -0.501. The van der Waals surface area contributed by atoms with Crippen LogP contribution in [0.3, 0.4) is 0 Å². The largest absolute Gasteiger partial charge is 0.469 e. The van der Waals surface area contributed by atoms with E-state index in [-0.39, 0.29) is 23.8 Å². The Morgan fingerprint density at radius 2 is 1.77 bits per heavy atom. The topological polar surface area (TPSA) is 84.0 Å². The molecule has 2 heterocycles. The van der Waals surface area contributed by atoms with Crippen LogP contribution in [0.25, 0.3) is 0 Å². The average molecular weight is 380 g/mol. The van der Waals surface area contributed by atoms with Gasteiger partial charge in [0.25, 0.3) is 0 Å². The van der Waals surface area contributed by atoms with Crippen molar-refractivity contribution in [3.63, 3.8) is 0 Å². The molecule has 0 N–H and O–H groups in total. The summed E-state index contributed by atoms with van der Waals surface area (Å²) < 4.78 is 31.7. The number of hydrogen-bond donors (Lipinski definition) is 0. The molecule has 0 aromatic heterocycles. The predicted molar refractivity (Wildman–Crippen MR) is 96.1 cm³/mol. The van der Waals surface area contributed by atoms with E-state index in [4.69, 9.17) is 4.74 Å². The minimum absolute atomic E-state index is 0.110. The van der Waals surface area contributed by atoms with Gasteiger partial charge >= 0.3 is 5.97 Å². The van der Waals surface area contributed by atoms with E-state index in [0.717, 1.165) is 12.8 Å². The summed E-state index contributed by atoms with van der Waals surface area (Å²) >= 11 is 0. The number of hydrogen-bond acceptors (Lipinski definition) is 5. The number of nitrogens with zero attached hydrogens (tertiary/aromatic N) is 2. The van der Waals surface area contributed by atoms with Crippen LogP contribution < -0.4 is 4.90 Å². The van der Waals surface area contributed by atoms with Gasteiger partial charge in [0.05, 0.1) is 17.9 Å². The van der Waals surface area contributed by atoms with Gasteiger partial charge in [0.2, 0.25) is 15.9 Å². The van der Waals surface area contributed by atoms with Crippen molar-refractivity contribution >= 4 is 27.6 Å². The van der Waals surface area contributed by atoms with Gasteiger partial charge < -0.3 is 9.64 Å². The van der Waals surface area contributed by atoms with E-state index in [9.17, 15) is 18.0 Å². The van der Waals surface area contributed by atoms with E-state index in [0.29, 0.717) is 24.7 Å². The van der Waals surface area contributed by atoms with Gasteiger partial charge in [-0.3, -0.25) is 9.59 Å². The maximum absolute atomic E-state index is 12.8. The number of ether oxygens (including phenoxy) is 1. The Labute approximate surface area is 154 Å². The first-order valence-corrected chi connectivity index (χ1v) is 10.3. The monoisotopic (exact) mass is 380 g/mol. The van der Waals surface area contributed by atoms with Crippen LogP contribution in [-0.2, 0) is 24.3 Å². The quantitative estimate of drug-likeness (QED) is 0.742. The molecular formula is C18H24N2O5S. The molecule has 26 heavy (non-hydrogen) atoms. The fraction of sp³-hybridized carbons (Fsp3) is 0.556. The lowest BCUT2D eigenvalue weighted by Crippen LogP contribution is -2.37. The number of carbonyl (C=O) groups is 2. The molecule has 2 aliphatic rings. The summed E-state index contributed by atoms with van der Waals surface area (Å²) in [6, 6.07) is 6.30. The van der Waals surface area contributed by atoms with Gasteiger partial charge in [-0.25, -0.2) is 8.42 Å². The Balaban J connectivity index is 1.74. The standard InChI is InChI=1S/C18H24N2O5S/c1-13-7-9-19(10-8-13)26(23,24)16-5-3-15(4-6-16)20-12-14(11-17(20)21)18(22)25-2/h3-6,13-14H,7-12H2,1-2H3. The highest BCUT2D eigenvalue weighted by Gasteiger charge is 2.36. The number of benzene rings is 1. The Bertz CT molecular complexity index is 782. The SMILES string of the molecule is COC(=O)C1CC(=O)N(c2ccc(S(=O)(=O)N3CCC(C)CC3)cc2)C1. The molecule has 1 aromatic carbocycles. The minimum Gasteiger partial charge on any atom is -0.469 e. The van der Waals surface area contributed by atoms with Gasteiger partial charge in [0.15, 0.2) is 0 Å². The fourth-order valence-electron chi connectivity index (χ4n) is 3.45. The minimum atomic E-state index is -3.51. The summed E-state index contributed by atoms with van der Waals surface area (Å²) in [6.07, 6.45) is 1.85. The summed E-state index contributed by atoms with van der Waals surface area (Å²) in [7, 11) is -2.21. The predicted octanol–water partition coefficient (Wildman–Crippen LogP) is 1.63. The number of anilines is 1. The Morgan fingerprint density at radius 1 is 1.15 bits per heavy atom. The van der Waals surface area contributed by atoms with Gasteiger partial charge in [-0.2, -0.15) is 4.31 Å². The second-order valence-corrected chi connectivity index (χ2v) is 8.95. The molecule has 2 aliphatic heterocycles. The number of rotatable bonds is 4. The molecule has 8 heteroatoms. The molecule has 7 nitrogen and oxygen atoms in total.